The standard InChI is InChI=1S/C28H24Cl3NO3S/c1-18-5-3-8-27(33)32(18)28(21-11-15-23(30)16-12-21)24(20-9-13-22(29)14-10-20)17-36(34,35)26-7-4-6-25(31)19(26)2/h3-16,24,28H,17H2,1-2H3/t24-,28+/m1/s1. The van der Waals surface area contributed by atoms with Gasteiger partial charge in [-0.1, -0.05) is 71.2 Å². The molecule has 0 aliphatic rings. The van der Waals surface area contributed by atoms with Gasteiger partial charge in [0, 0.05) is 32.7 Å². The van der Waals surface area contributed by atoms with Gasteiger partial charge in [-0.05, 0) is 73.0 Å². The minimum atomic E-state index is -3.82. The average molecular weight is 561 g/mol. The summed E-state index contributed by atoms with van der Waals surface area (Å²) < 4.78 is 29.3. The van der Waals surface area contributed by atoms with Crippen molar-refractivity contribution in [2.24, 2.45) is 0 Å². The average Bonchev–Trinajstić information content (AvgIpc) is 2.83. The number of benzene rings is 3. The molecule has 0 bridgehead atoms. The molecule has 3 aromatic carbocycles. The van der Waals surface area contributed by atoms with Crippen LogP contribution >= 0.6 is 34.8 Å². The molecular formula is C28H24Cl3NO3S. The third-order valence-electron chi connectivity index (χ3n) is 6.31. The Morgan fingerprint density at radius 3 is 1.89 bits per heavy atom. The first-order valence-corrected chi connectivity index (χ1v) is 14.0. The maximum Gasteiger partial charge on any atom is 0.251 e. The van der Waals surface area contributed by atoms with Gasteiger partial charge in [0.05, 0.1) is 16.7 Å². The van der Waals surface area contributed by atoms with Crippen LogP contribution in [-0.2, 0) is 9.84 Å². The Kier molecular flexibility index (Phi) is 7.96. The zero-order valence-corrected chi connectivity index (χ0v) is 22.7. The lowest BCUT2D eigenvalue weighted by Gasteiger charge is -2.31. The van der Waals surface area contributed by atoms with Crippen LogP contribution in [0.25, 0.3) is 0 Å². The smallest absolute Gasteiger partial charge is 0.251 e. The van der Waals surface area contributed by atoms with E-state index < -0.39 is 21.8 Å². The third kappa shape index (κ3) is 5.55. The number of sulfone groups is 1. The zero-order valence-electron chi connectivity index (χ0n) is 19.7. The van der Waals surface area contributed by atoms with E-state index in [2.05, 4.69) is 0 Å². The van der Waals surface area contributed by atoms with E-state index in [1.807, 2.05) is 25.1 Å². The predicted octanol–water partition coefficient (Wildman–Crippen LogP) is 7.27. The summed E-state index contributed by atoms with van der Waals surface area (Å²) in [6, 6.07) is 23.4. The number of pyridine rings is 1. The summed E-state index contributed by atoms with van der Waals surface area (Å²) in [5.74, 6) is -0.894. The van der Waals surface area contributed by atoms with Crippen molar-refractivity contribution < 1.29 is 8.42 Å². The fourth-order valence-corrected chi connectivity index (χ4v) is 6.88. The highest BCUT2D eigenvalue weighted by Crippen LogP contribution is 2.38. The zero-order chi connectivity index (χ0) is 26.0. The molecule has 36 heavy (non-hydrogen) atoms. The molecule has 0 radical (unpaired) electrons. The largest absolute Gasteiger partial charge is 0.305 e. The highest BCUT2D eigenvalue weighted by Gasteiger charge is 2.34. The van der Waals surface area contributed by atoms with Crippen LogP contribution in [0.2, 0.25) is 15.1 Å². The number of hydrogen-bond acceptors (Lipinski definition) is 3. The van der Waals surface area contributed by atoms with E-state index in [-0.39, 0.29) is 16.2 Å². The molecule has 0 saturated heterocycles. The van der Waals surface area contributed by atoms with Gasteiger partial charge in [0.1, 0.15) is 0 Å². The molecule has 186 valence electrons. The predicted molar refractivity (Wildman–Crippen MR) is 147 cm³/mol. The monoisotopic (exact) mass is 559 g/mol. The normalized spacial score (nSPS) is 13.4. The molecule has 0 aliphatic heterocycles. The molecule has 1 aromatic heterocycles. The molecule has 0 unspecified atom stereocenters. The third-order valence-corrected chi connectivity index (χ3v) is 9.14. The SMILES string of the molecule is Cc1c(Cl)cccc1S(=O)(=O)C[C@H](c1ccc(Cl)cc1)[C@H](c1ccc(Cl)cc1)n1c(C)cccc1=O. The van der Waals surface area contributed by atoms with Gasteiger partial charge in [-0.2, -0.15) is 0 Å². The Morgan fingerprint density at radius 1 is 0.750 bits per heavy atom. The minimum Gasteiger partial charge on any atom is -0.305 e. The van der Waals surface area contributed by atoms with Crippen LogP contribution in [0.5, 0.6) is 0 Å². The molecule has 0 N–H and O–H groups in total. The molecule has 1 heterocycles. The molecule has 4 rings (SSSR count). The summed E-state index contributed by atoms with van der Waals surface area (Å²) in [6.45, 7) is 3.52. The Bertz CT molecular complexity index is 1550. The van der Waals surface area contributed by atoms with Crippen LogP contribution in [0.4, 0.5) is 0 Å². The van der Waals surface area contributed by atoms with Crippen molar-refractivity contribution in [3.63, 3.8) is 0 Å². The molecule has 0 fully saturated rings. The Balaban J connectivity index is 1.97. The lowest BCUT2D eigenvalue weighted by molar-refractivity contribution is 0.473. The van der Waals surface area contributed by atoms with Gasteiger partial charge in [0.25, 0.3) is 5.56 Å². The summed E-state index contributed by atoms with van der Waals surface area (Å²) in [7, 11) is -3.82. The molecule has 0 amide bonds. The fraction of sp³-hybridized carbons (Fsp3) is 0.179. The van der Waals surface area contributed by atoms with E-state index in [0.29, 0.717) is 26.3 Å². The first-order chi connectivity index (χ1) is 17.1. The molecule has 4 nitrogen and oxygen atoms in total. The number of nitrogens with zero attached hydrogens (tertiary/aromatic N) is 1. The molecule has 0 saturated carbocycles. The number of hydrogen-bond donors (Lipinski definition) is 0. The minimum absolute atomic E-state index is 0.168. The second-order valence-electron chi connectivity index (χ2n) is 8.67. The Morgan fingerprint density at radius 2 is 1.31 bits per heavy atom. The molecule has 8 heteroatoms. The van der Waals surface area contributed by atoms with E-state index in [1.54, 1.807) is 72.2 Å². The van der Waals surface area contributed by atoms with Crippen LogP contribution < -0.4 is 5.56 Å². The highest BCUT2D eigenvalue weighted by atomic mass is 35.5. The Labute approximate surface area is 226 Å². The second kappa shape index (κ2) is 10.8. The molecule has 0 aliphatic carbocycles. The summed E-state index contributed by atoms with van der Waals surface area (Å²) in [6.07, 6.45) is 0. The second-order valence-corrected chi connectivity index (χ2v) is 12.0. The van der Waals surface area contributed by atoms with Crippen molar-refractivity contribution in [1.82, 2.24) is 4.57 Å². The lowest BCUT2D eigenvalue weighted by atomic mass is 9.87. The number of aryl methyl sites for hydroxylation is 1. The maximum atomic E-state index is 13.9. The lowest BCUT2D eigenvalue weighted by Crippen LogP contribution is -2.33. The Hall–Kier alpha value is -2.57. The summed E-state index contributed by atoms with van der Waals surface area (Å²) in [4.78, 5) is 13.4. The first-order valence-electron chi connectivity index (χ1n) is 11.3. The quantitative estimate of drug-likeness (QED) is 0.239. The molecule has 4 aromatic rings. The van der Waals surface area contributed by atoms with Gasteiger partial charge in [-0.15, -0.1) is 0 Å². The summed E-state index contributed by atoms with van der Waals surface area (Å²) >= 11 is 18.6. The summed E-state index contributed by atoms with van der Waals surface area (Å²) in [5, 5.41) is 1.45. The maximum absolute atomic E-state index is 13.9. The van der Waals surface area contributed by atoms with Crippen molar-refractivity contribution in [3.8, 4) is 0 Å². The number of halogens is 3. The van der Waals surface area contributed by atoms with Crippen molar-refractivity contribution in [2.75, 3.05) is 5.75 Å². The number of aromatic nitrogens is 1. The van der Waals surface area contributed by atoms with Crippen molar-refractivity contribution in [3.05, 3.63) is 133 Å². The summed E-state index contributed by atoms with van der Waals surface area (Å²) in [5.41, 5.74) is 2.46. The van der Waals surface area contributed by atoms with E-state index in [0.717, 1.165) is 11.1 Å². The van der Waals surface area contributed by atoms with E-state index >= 15 is 0 Å². The van der Waals surface area contributed by atoms with Gasteiger partial charge in [-0.3, -0.25) is 4.79 Å². The molecule has 0 spiro atoms. The van der Waals surface area contributed by atoms with Crippen LogP contribution in [0.3, 0.4) is 0 Å². The van der Waals surface area contributed by atoms with E-state index in [9.17, 15) is 13.2 Å². The highest BCUT2D eigenvalue weighted by molar-refractivity contribution is 7.91. The van der Waals surface area contributed by atoms with E-state index in [1.165, 1.54) is 6.07 Å². The van der Waals surface area contributed by atoms with Crippen LogP contribution in [0, 0.1) is 13.8 Å². The van der Waals surface area contributed by atoms with Gasteiger partial charge in [0.2, 0.25) is 0 Å². The van der Waals surface area contributed by atoms with Crippen molar-refractivity contribution in [2.45, 2.75) is 30.7 Å². The van der Waals surface area contributed by atoms with Gasteiger partial charge >= 0.3 is 0 Å². The number of rotatable bonds is 7. The molecular weight excluding hydrogens is 537 g/mol. The van der Waals surface area contributed by atoms with E-state index in [4.69, 9.17) is 34.8 Å². The van der Waals surface area contributed by atoms with Crippen LogP contribution in [0.15, 0.2) is 94.6 Å². The van der Waals surface area contributed by atoms with Gasteiger partial charge < -0.3 is 4.57 Å². The fourth-order valence-electron chi connectivity index (χ4n) is 4.51. The molecule has 2 atom stereocenters. The van der Waals surface area contributed by atoms with Gasteiger partial charge in [0.15, 0.2) is 9.84 Å². The first kappa shape index (κ1) is 26.5. The van der Waals surface area contributed by atoms with Crippen LogP contribution in [-0.4, -0.2) is 18.7 Å². The van der Waals surface area contributed by atoms with Crippen molar-refractivity contribution >= 4 is 44.6 Å². The van der Waals surface area contributed by atoms with Crippen LogP contribution in [0.1, 0.15) is 34.3 Å². The van der Waals surface area contributed by atoms with Gasteiger partial charge in [-0.25, -0.2) is 8.42 Å². The topological polar surface area (TPSA) is 56.1 Å². The van der Waals surface area contributed by atoms with Crippen molar-refractivity contribution in [1.29, 1.82) is 0 Å².